The minimum absolute atomic E-state index is 0.0994. The molecule has 0 radical (unpaired) electrons. The van der Waals surface area contributed by atoms with Crippen molar-refractivity contribution < 1.29 is 14.1 Å². The van der Waals surface area contributed by atoms with Gasteiger partial charge in [0.05, 0.1) is 13.1 Å². The molecule has 9 heteroatoms. The summed E-state index contributed by atoms with van der Waals surface area (Å²) in [5.74, 6) is -0.0322. The number of amides is 2. The monoisotopic (exact) mass is 402 g/mol. The fraction of sp³-hybridized carbons (Fsp3) is 0.0952. The molecule has 3 heterocycles. The minimum atomic E-state index is -0.502. The van der Waals surface area contributed by atoms with Crippen molar-refractivity contribution in [3.63, 3.8) is 0 Å². The fourth-order valence-electron chi connectivity index (χ4n) is 2.75. The first-order valence-corrected chi connectivity index (χ1v) is 9.20. The molecule has 0 saturated carbocycles. The number of nitrogens with one attached hydrogen (secondary N) is 2. The van der Waals surface area contributed by atoms with E-state index in [-0.39, 0.29) is 12.2 Å². The van der Waals surface area contributed by atoms with Gasteiger partial charge in [-0.3, -0.25) is 19.3 Å². The maximum absolute atomic E-state index is 12.2. The van der Waals surface area contributed by atoms with Gasteiger partial charge in [0.1, 0.15) is 0 Å². The molecule has 0 aliphatic heterocycles. The summed E-state index contributed by atoms with van der Waals surface area (Å²) in [6, 6.07) is 16.3. The Morgan fingerprint density at radius 2 is 1.93 bits per heavy atom. The Morgan fingerprint density at radius 1 is 1.07 bits per heavy atom. The van der Waals surface area contributed by atoms with Crippen molar-refractivity contribution in [2.75, 3.05) is 11.9 Å². The van der Waals surface area contributed by atoms with Crippen LogP contribution in [-0.2, 0) is 11.3 Å². The average Bonchev–Trinajstić information content (AvgIpc) is 3.43. The topological polar surface area (TPSA) is 115 Å². The molecular weight excluding hydrogens is 384 g/mol. The van der Waals surface area contributed by atoms with Crippen LogP contribution >= 0.6 is 0 Å². The number of pyridine rings is 1. The van der Waals surface area contributed by atoms with Crippen LogP contribution in [0.15, 0.2) is 77.7 Å². The molecule has 30 heavy (non-hydrogen) atoms. The lowest BCUT2D eigenvalue weighted by molar-refractivity contribution is -0.115. The van der Waals surface area contributed by atoms with Gasteiger partial charge in [-0.05, 0) is 11.6 Å². The van der Waals surface area contributed by atoms with E-state index >= 15 is 0 Å². The predicted octanol–water partition coefficient (Wildman–Crippen LogP) is 2.35. The SMILES string of the molecule is O=C(CNC(=O)c1cc(-c2ccccc2)on1)Nc1ccn(Cc2cccnc2)n1. The highest BCUT2D eigenvalue weighted by atomic mass is 16.5. The van der Waals surface area contributed by atoms with E-state index in [0.29, 0.717) is 18.1 Å². The van der Waals surface area contributed by atoms with E-state index in [1.807, 2.05) is 42.5 Å². The van der Waals surface area contributed by atoms with Crippen molar-refractivity contribution in [1.82, 2.24) is 25.2 Å². The van der Waals surface area contributed by atoms with E-state index in [1.54, 1.807) is 29.3 Å². The molecule has 0 fully saturated rings. The van der Waals surface area contributed by atoms with Gasteiger partial charge in [-0.15, -0.1) is 0 Å². The number of hydrogen-bond acceptors (Lipinski definition) is 6. The van der Waals surface area contributed by atoms with Crippen LogP contribution in [-0.4, -0.2) is 38.3 Å². The molecule has 0 bridgehead atoms. The molecule has 0 atom stereocenters. The van der Waals surface area contributed by atoms with Gasteiger partial charge in [0.2, 0.25) is 5.91 Å². The summed E-state index contributed by atoms with van der Waals surface area (Å²) in [5, 5.41) is 13.2. The average molecular weight is 402 g/mol. The highest BCUT2D eigenvalue weighted by Crippen LogP contribution is 2.19. The molecule has 0 unspecified atom stereocenters. The number of anilines is 1. The summed E-state index contributed by atoms with van der Waals surface area (Å²) in [6.45, 7) is 0.318. The zero-order chi connectivity index (χ0) is 20.8. The van der Waals surface area contributed by atoms with Crippen LogP contribution in [0.5, 0.6) is 0 Å². The first-order valence-electron chi connectivity index (χ1n) is 9.20. The van der Waals surface area contributed by atoms with Gasteiger partial charge in [-0.1, -0.05) is 41.6 Å². The summed E-state index contributed by atoms with van der Waals surface area (Å²) < 4.78 is 6.88. The number of benzene rings is 1. The van der Waals surface area contributed by atoms with Gasteiger partial charge < -0.3 is 15.2 Å². The van der Waals surface area contributed by atoms with E-state index < -0.39 is 11.8 Å². The Bertz CT molecular complexity index is 1140. The van der Waals surface area contributed by atoms with E-state index in [1.165, 1.54) is 6.07 Å². The van der Waals surface area contributed by atoms with Crippen molar-refractivity contribution in [3.8, 4) is 11.3 Å². The van der Waals surface area contributed by atoms with Crippen LogP contribution in [0, 0.1) is 0 Å². The first kappa shape index (κ1) is 19.1. The second-order valence-electron chi connectivity index (χ2n) is 6.43. The van der Waals surface area contributed by atoms with Crippen LogP contribution in [0.2, 0.25) is 0 Å². The quantitative estimate of drug-likeness (QED) is 0.490. The van der Waals surface area contributed by atoms with Crippen molar-refractivity contribution in [2.24, 2.45) is 0 Å². The molecule has 2 N–H and O–H groups in total. The van der Waals surface area contributed by atoms with E-state index in [9.17, 15) is 9.59 Å². The summed E-state index contributed by atoms with van der Waals surface area (Å²) in [7, 11) is 0. The summed E-state index contributed by atoms with van der Waals surface area (Å²) in [6.07, 6.45) is 5.21. The second-order valence-corrected chi connectivity index (χ2v) is 6.43. The van der Waals surface area contributed by atoms with Crippen molar-refractivity contribution in [2.45, 2.75) is 6.54 Å². The van der Waals surface area contributed by atoms with Crippen LogP contribution in [0.4, 0.5) is 5.82 Å². The van der Waals surface area contributed by atoms with Gasteiger partial charge in [0.25, 0.3) is 5.91 Å². The van der Waals surface area contributed by atoms with Gasteiger partial charge in [0, 0.05) is 36.3 Å². The molecule has 0 spiro atoms. The second kappa shape index (κ2) is 8.82. The third-order valence-corrected chi connectivity index (χ3v) is 4.19. The molecule has 2 amide bonds. The standard InChI is InChI=1S/C21H18N6O3/c28-20(24-19-8-10-27(25-19)14-15-5-4-9-22-12-15)13-23-21(29)17-11-18(30-26-17)16-6-2-1-3-7-16/h1-12H,13-14H2,(H,23,29)(H,24,25,28). The minimum Gasteiger partial charge on any atom is -0.355 e. The van der Waals surface area contributed by atoms with Crippen molar-refractivity contribution in [1.29, 1.82) is 0 Å². The smallest absolute Gasteiger partial charge is 0.273 e. The normalized spacial score (nSPS) is 10.5. The van der Waals surface area contributed by atoms with Gasteiger partial charge in [-0.2, -0.15) is 5.10 Å². The number of carbonyl (C=O) groups is 2. The fourth-order valence-corrected chi connectivity index (χ4v) is 2.75. The molecule has 0 aliphatic rings. The molecule has 0 saturated heterocycles. The van der Waals surface area contributed by atoms with Crippen LogP contribution in [0.1, 0.15) is 16.1 Å². The van der Waals surface area contributed by atoms with Gasteiger partial charge >= 0.3 is 0 Å². The van der Waals surface area contributed by atoms with Crippen LogP contribution in [0.25, 0.3) is 11.3 Å². The zero-order valence-electron chi connectivity index (χ0n) is 15.9. The maximum atomic E-state index is 12.2. The molecule has 150 valence electrons. The van der Waals surface area contributed by atoms with E-state index in [0.717, 1.165) is 11.1 Å². The summed E-state index contributed by atoms with van der Waals surface area (Å²) >= 11 is 0. The van der Waals surface area contributed by atoms with E-state index in [4.69, 9.17) is 4.52 Å². The highest BCUT2D eigenvalue weighted by molar-refractivity contribution is 5.98. The molecule has 4 rings (SSSR count). The first-order chi connectivity index (χ1) is 14.7. The van der Waals surface area contributed by atoms with Gasteiger partial charge in [-0.25, -0.2) is 0 Å². The summed E-state index contributed by atoms with van der Waals surface area (Å²) in [4.78, 5) is 28.4. The number of hydrogen-bond donors (Lipinski definition) is 2. The molecule has 1 aromatic carbocycles. The summed E-state index contributed by atoms with van der Waals surface area (Å²) in [5.41, 5.74) is 1.90. The molecule has 3 aromatic heterocycles. The lowest BCUT2D eigenvalue weighted by atomic mass is 10.1. The van der Waals surface area contributed by atoms with Crippen molar-refractivity contribution >= 4 is 17.6 Å². The lowest BCUT2D eigenvalue weighted by Gasteiger charge is -2.04. The lowest BCUT2D eigenvalue weighted by Crippen LogP contribution is -2.33. The third-order valence-electron chi connectivity index (χ3n) is 4.19. The molecule has 9 nitrogen and oxygen atoms in total. The predicted molar refractivity (Wildman–Crippen MR) is 108 cm³/mol. The zero-order valence-corrected chi connectivity index (χ0v) is 15.9. The number of carbonyl (C=O) groups excluding carboxylic acids is 2. The molecule has 4 aromatic rings. The Hall–Kier alpha value is -4.27. The maximum Gasteiger partial charge on any atom is 0.273 e. The van der Waals surface area contributed by atoms with Crippen LogP contribution in [0.3, 0.4) is 0 Å². The largest absolute Gasteiger partial charge is 0.355 e. The highest BCUT2D eigenvalue weighted by Gasteiger charge is 2.15. The third kappa shape index (κ3) is 4.76. The molecular formula is C21H18N6O3. The Morgan fingerprint density at radius 3 is 2.73 bits per heavy atom. The number of nitrogens with zero attached hydrogens (tertiary/aromatic N) is 4. The number of rotatable bonds is 7. The van der Waals surface area contributed by atoms with Gasteiger partial charge in [0.15, 0.2) is 17.3 Å². The Balaban J connectivity index is 1.28. The van der Waals surface area contributed by atoms with Crippen LogP contribution < -0.4 is 10.6 Å². The number of aromatic nitrogens is 4. The molecule has 0 aliphatic carbocycles. The van der Waals surface area contributed by atoms with E-state index in [2.05, 4.69) is 25.9 Å². The Labute approximate surface area is 171 Å². The van der Waals surface area contributed by atoms with Crippen molar-refractivity contribution in [3.05, 3.63) is 84.4 Å². The Kier molecular flexibility index (Phi) is 5.61.